The first-order chi connectivity index (χ1) is 7.27. The summed E-state index contributed by atoms with van der Waals surface area (Å²) in [7, 11) is 0. The van der Waals surface area contributed by atoms with Crippen LogP contribution in [0.5, 0.6) is 0 Å². The maximum absolute atomic E-state index is 9.41. The molecule has 15 heavy (non-hydrogen) atoms. The molecule has 1 heterocycles. The molecule has 1 aromatic rings. The fourth-order valence-corrected chi connectivity index (χ4v) is 2.18. The molecule has 2 N–H and O–H groups in total. The van der Waals surface area contributed by atoms with E-state index in [4.69, 9.17) is 0 Å². The Bertz CT molecular complexity index is 299. The second kappa shape index (κ2) is 4.77. The molecule has 0 saturated carbocycles. The summed E-state index contributed by atoms with van der Waals surface area (Å²) in [5.74, 6) is 0.654. The van der Waals surface area contributed by atoms with Gasteiger partial charge in [0.25, 0.3) is 0 Å². The average Bonchev–Trinajstić information content (AvgIpc) is 2.30. The number of piperidine rings is 1. The van der Waals surface area contributed by atoms with Crippen LogP contribution in [0.3, 0.4) is 0 Å². The van der Waals surface area contributed by atoms with Crippen LogP contribution in [-0.2, 0) is 0 Å². The zero-order valence-corrected chi connectivity index (χ0v) is 9.24. The van der Waals surface area contributed by atoms with Gasteiger partial charge in [-0.15, -0.1) is 0 Å². The van der Waals surface area contributed by atoms with E-state index >= 15 is 0 Å². The predicted molar refractivity (Wildman–Crippen MR) is 61.9 cm³/mol. The zero-order valence-electron chi connectivity index (χ0n) is 9.24. The first-order valence-corrected chi connectivity index (χ1v) is 5.76. The molecule has 82 valence electrons. The van der Waals surface area contributed by atoms with Crippen molar-refractivity contribution < 1.29 is 5.11 Å². The first-order valence-electron chi connectivity index (χ1n) is 5.76. The van der Waals surface area contributed by atoms with E-state index in [1.807, 2.05) is 12.1 Å². The second-order valence-corrected chi connectivity index (χ2v) is 4.39. The van der Waals surface area contributed by atoms with Gasteiger partial charge in [-0.1, -0.05) is 24.3 Å². The molecule has 2 atom stereocenters. The summed E-state index contributed by atoms with van der Waals surface area (Å²) in [4.78, 5) is 0. The summed E-state index contributed by atoms with van der Waals surface area (Å²) in [6, 6.07) is 8.38. The van der Waals surface area contributed by atoms with Crippen molar-refractivity contribution in [1.82, 2.24) is 5.32 Å². The fourth-order valence-electron chi connectivity index (χ4n) is 2.18. The lowest BCUT2D eigenvalue weighted by Gasteiger charge is -2.23. The van der Waals surface area contributed by atoms with Crippen LogP contribution in [-0.4, -0.2) is 18.2 Å². The molecule has 0 aromatic heterocycles. The van der Waals surface area contributed by atoms with E-state index in [1.54, 1.807) is 6.92 Å². The minimum absolute atomic E-state index is 0.358. The standard InChI is InChI=1S/C13H19NO/c1-10(15)11-4-6-12(7-5-11)13-3-2-8-14-9-13/h4-7,10,13-15H,2-3,8-9H2,1H3/t10?,13-/m1/s1. The van der Waals surface area contributed by atoms with Crippen LogP contribution in [0.2, 0.25) is 0 Å². The van der Waals surface area contributed by atoms with Crippen molar-refractivity contribution in [3.8, 4) is 0 Å². The first kappa shape index (κ1) is 10.7. The molecule has 0 radical (unpaired) electrons. The average molecular weight is 205 g/mol. The van der Waals surface area contributed by atoms with Gasteiger partial charge in [-0.05, 0) is 43.4 Å². The van der Waals surface area contributed by atoms with E-state index in [-0.39, 0.29) is 6.10 Å². The largest absolute Gasteiger partial charge is 0.389 e. The molecule has 0 aliphatic carbocycles. The Balaban J connectivity index is 2.08. The summed E-state index contributed by atoms with van der Waals surface area (Å²) in [6.45, 7) is 4.05. The molecular formula is C13H19NO. The molecule has 1 aliphatic rings. The number of benzene rings is 1. The van der Waals surface area contributed by atoms with E-state index in [2.05, 4.69) is 17.4 Å². The van der Waals surface area contributed by atoms with E-state index in [0.29, 0.717) is 5.92 Å². The molecule has 2 rings (SSSR count). The Hall–Kier alpha value is -0.860. The normalized spacial score (nSPS) is 23.7. The quantitative estimate of drug-likeness (QED) is 0.776. The van der Waals surface area contributed by atoms with Gasteiger partial charge in [-0.25, -0.2) is 0 Å². The fraction of sp³-hybridized carbons (Fsp3) is 0.538. The van der Waals surface area contributed by atoms with Crippen LogP contribution < -0.4 is 5.32 Å². The van der Waals surface area contributed by atoms with Crippen molar-refractivity contribution in [2.45, 2.75) is 31.8 Å². The van der Waals surface area contributed by atoms with E-state index in [1.165, 1.54) is 18.4 Å². The highest BCUT2D eigenvalue weighted by molar-refractivity contribution is 5.27. The van der Waals surface area contributed by atoms with Crippen LogP contribution in [0.15, 0.2) is 24.3 Å². The molecule has 0 spiro atoms. The van der Waals surface area contributed by atoms with E-state index in [0.717, 1.165) is 18.7 Å². The van der Waals surface area contributed by atoms with Crippen LogP contribution in [0.4, 0.5) is 0 Å². The van der Waals surface area contributed by atoms with Crippen LogP contribution in [0.1, 0.15) is 42.9 Å². The summed E-state index contributed by atoms with van der Waals surface area (Å²) < 4.78 is 0. The van der Waals surface area contributed by atoms with Gasteiger partial charge in [-0.2, -0.15) is 0 Å². The maximum atomic E-state index is 9.41. The third-order valence-electron chi connectivity index (χ3n) is 3.19. The lowest BCUT2D eigenvalue weighted by Crippen LogP contribution is -2.28. The molecule has 0 bridgehead atoms. The predicted octanol–water partition coefficient (Wildman–Crippen LogP) is 2.21. The molecule has 1 fully saturated rings. The molecule has 2 heteroatoms. The molecule has 1 aromatic carbocycles. The van der Waals surface area contributed by atoms with Crippen molar-refractivity contribution in [2.24, 2.45) is 0 Å². The van der Waals surface area contributed by atoms with Gasteiger partial charge >= 0.3 is 0 Å². The van der Waals surface area contributed by atoms with Gasteiger partial charge in [0.15, 0.2) is 0 Å². The number of aliphatic hydroxyl groups excluding tert-OH is 1. The van der Waals surface area contributed by atoms with E-state index < -0.39 is 0 Å². The van der Waals surface area contributed by atoms with Crippen LogP contribution in [0, 0.1) is 0 Å². The Labute approximate surface area is 91.3 Å². The molecule has 1 aliphatic heterocycles. The van der Waals surface area contributed by atoms with Crippen molar-refractivity contribution in [3.63, 3.8) is 0 Å². The number of hydrogen-bond acceptors (Lipinski definition) is 2. The molecule has 0 amide bonds. The van der Waals surface area contributed by atoms with Gasteiger partial charge < -0.3 is 10.4 Å². The highest BCUT2D eigenvalue weighted by Crippen LogP contribution is 2.24. The molecular weight excluding hydrogens is 186 g/mol. The van der Waals surface area contributed by atoms with Crippen LogP contribution in [0.25, 0.3) is 0 Å². The Morgan fingerprint density at radius 3 is 2.60 bits per heavy atom. The highest BCUT2D eigenvalue weighted by Gasteiger charge is 2.14. The number of nitrogens with one attached hydrogen (secondary N) is 1. The van der Waals surface area contributed by atoms with Crippen molar-refractivity contribution in [3.05, 3.63) is 35.4 Å². The number of hydrogen-bond donors (Lipinski definition) is 2. The van der Waals surface area contributed by atoms with Gasteiger partial charge in [0, 0.05) is 6.54 Å². The Kier molecular flexibility index (Phi) is 3.39. The topological polar surface area (TPSA) is 32.3 Å². The lowest BCUT2D eigenvalue weighted by atomic mass is 9.91. The van der Waals surface area contributed by atoms with Crippen molar-refractivity contribution in [2.75, 3.05) is 13.1 Å². The summed E-state index contributed by atoms with van der Waals surface area (Å²) in [6.07, 6.45) is 2.19. The van der Waals surface area contributed by atoms with Gasteiger partial charge in [0.1, 0.15) is 0 Å². The summed E-state index contributed by atoms with van der Waals surface area (Å²) in [5, 5.41) is 12.8. The Morgan fingerprint density at radius 1 is 1.33 bits per heavy atom. The maximum Gasteiger partial charge on any atom is 0.0761 e. The van der Waals surface area contributed by atoms with Crippen molar-refractivity contribution in [1.29, 1.82) is 0 Å². The molecule has 1 unspecified atom stereocenters. The van der Waals surface area contributed by atoms with Gasteiger partial charge in [0.2, 0.25) is 0 Å². The number of aliphatic hydroxyl groups is 1. The van der Waals surface area contributed by atoms with Gasteiger partial charge in [-0.3, -0.25) is 0 Å². The van der Waals surface area contributed by atoms with Gasteiger partial charge in [0.05, 0.1) is 6.10 Å². The number of rotatable bonds is 2. The molecule has 1 saturated heterocycles. The third kappa shape index (κ3) is 2.58. The SMILES string of the molecule is CC(O)c1ccc([C@@H]2CCCNC2)cc1. The van der Waals surface area contributed by atoms with Crippen molar-refractivity contribution >= 4 is 0 Å². The monoisotopic (exact) mass is 205 g/mol. The zero-order chi connectivity index (χ0) is 10.7. The van der Waals surface area contributed by atoms with E-state index in [9.17, 15) is 5.11 Å². The lowest BCUT2D eigenvalue weighted by molar-refractivity contribution is 0.199. The second-order valence-electron chi connectivity index (χ2n) is 4.39. The smallest absolute Gasteiger partial charge is 0.0761 e. The highest BCUT2D eigenvalue weighted by atomic mass is 16.3. The minimum atomic E-state index is -0.358. The summed E-state index contributed by atoms with van der Waals surface area (Å²) in [5.41, 5.74) is 2.40. The third-order valence-corrected chi connectivity index (χ3v) is 3.19. The Morgan fingerprint density at radius 2 is 2.07 bits per heavy atom. The molecule has 2 nitrogen and oxygen atoms in total. The summed E-state index contributed by atoms with van der Waals surface area (Å²) >= 11 is 0. The minimum Gasteiger partial charge on any atom is -0.389 e. The van der Waals surface area contributed by atoms with Crippen LogP contribution >= 0.6 is 0 Å².